The number of alkyl halides is 2. The molecule has 0 radical (unpaired) electrons. The number of hydrogen-bond donors (Lipinski definition) is 2. The lowest BCUT2D eigenvalue weighted by atomic mass is 10.1. The monoisotopic (exact) mass is 256 g/mol. The first-order valence-electron chi connectivity index (χ1n) is 4.92. The Labute approximate surface area is 101 Å². The van der Waals surface area contributed by atoms with Crippen LogP contribution in [0.3, 0.4) is 0 Å². The predicted molar refractivity (Wildman–Crippen MR) is 59.2 cm³/mol. The Hall–Kier alpha value is -2.31. The van der Waals surface area contributed by atoms with Crippen molar-refractivity contribution in [1.82, 2.24) is 10.3 Å². The van der Waals surface area contributed by atoms with Crippen LogP contribution in [0.1, 0.15) is 15.9 Å². The molecule has 5 nitrogen and oxygen atoms in total. The van der Waals surface area contributed by atoms with E-state index in [9.17, 15) is 18.4 Å². The van der Waals surface area contributed by atoms with Gasteiger partial charge < -0.3 is 10.4 Å². The van der Waals surface area contributed by atoms with Crippen LogP contribution in [0.25, 0.3) is 6.08 Å². The molecule has 1 rings (SSSR count). The Morgan fingerprint density at radius 2 is 2.22 bits per heavy atom. The average molecular weight is 256 g/mol. The summed E-state index contributed by atoms with van der Waals surface area (Å²) in [5, 5.41) is 10.5. The number of halogens is 2. The zero-order chi connectivity index (χ0) is 13.5. The van der Waals surface area contributed by atoms with Gasteiger partial charge >= 0.3 is 5.97 Å². The number of hydrogen-bond acceptors (Lipinski definition) is 3. The topological polar surface area (TPSA) is 79.3 Å². The van der Waals surface area contributed by atoms with Gasteiger partial charge in [0, 0.05) is 29.6 Å². The Morgan fingerprint density at radius 3 is 2.83 bits per heavy atom. The third-order valence-corrected chi connectivity index (χ3v) is 1.92. The van der Waals surface area contributed by atoms with E-state index in [1.54, 1.807) is 0 Å². The van der Waals surface area contributed by atoms with Crippen LogP contribution >= 0.6 is 0 Å². The van der Waals surface area contributed by atoms with E-state index in [0.29, 0.717) is 0 Å². The van der Waals surface area contributed by atoms with E-state index in [0.717, 1.165) is 6.08 Å². The van der Waals surface area contributed by atoms with E-state index in [1.807, 2.05) is 5.32 Å². The van der Waals surface area contributed by atoms with Crippen LogP contribution in [0.4, 0.5) is 8.78 Å². The van der Waals surface area contributed by atoms with Crippen LogP contribution < -0.4 is 5.32 Å². The van der Waals surface area contributed by atoms with Crippen LogP contribution in [0, 0.1) is 0 Å². The fraction of sp³-hybridized carbons (Fsp3) is 0.182. The molecule has 0 unspecified atom stereocenters. The van der Waals surface area contributed by atoms with Crippen molar-refractivity contribution in [2.24, 2.45) is 0 Å². The first-order valence-corrected chi connectivity index (χ1v) is 4.92. The summed E-state index contributed by atoms with van der Waals surface area (Å²) in [6, 6.07) is 1.32. The number of amides is 1. The van der Waals surface area contributed by atoms with Gasteiger partial charge in [0.1, 0.15) is 0 Å². The highest BCUT2D eigenvalue weighted by Gasteiger charge is 2.11. The van der Waals surface area contributed by atoms with E-state index in [1.165, 1.54) is 24.5 Å². The number of aromatic nitrogens is 1. The zero-order valence-corrected chi connectivity index (χ0v) is 9.14. The van der Waals surface area contributed by atoms with Crippen LogP contribution in [-0.2, 0) is 4.79 Å². The number of rotatable bonds is 5. The number of pyridine rings is 1. The fourth-order valence-electron chi connectivity index (χ4n) is 1.17. The summed E-state index contributed by atoms with van der Waals surface area (Å²) in [6.07, 6.45) is 1.95. The Morgan fingerprint density at radius 1 is 1.50 bits per heavy atom. The lowest BCUT2D eigenvalue weighted by Crippen LogP contribution is -2.29. The maximum atomic E-state index is 11.9. The van der Waals surface area contributed by atoms with Gasteiger partial charge in [-0.15, -0.1) is 0 Å². The van der Waals surface area contributed by atoms with Gasteiger partial charge in [-0.3, -0.25) is 9.78 Å². The normalized spacial score (nSPS) is 10.8. The maximum absolute atomic E-state index is 11.9. The SMILES string of the molecule is O=C(O)/C=C/c1cnccc1C(=O)NCC(F)F. The Kier molecular flexibility index (Phi) is 4.91. The summed E-state index contributed by atoms with van der Waals surface area (Å²) >= 11 is 0. The number of nitrogens with zero attached hydrogens (tertiary/aromatic N) is 1. The van der Waals surface area contributed by atoms with Crippen molar-refractivity contribution in [1.29, 1.82) is 0 Å². The first kappa shape index (κ1) is 13.8. The predicted octanol–water partition coefficient (Wildman–Crippen LogP) is 1.17. The molecule has 0 bridgehead atoms. The van der Waals surface area contributed by atoms with Gasteiger partial charge in [0.05, 0.1) is 6.54 Å². The highest BCUT2D eigenvalue weighted by Crippen LogP contribution is 2.09. The molecule has 1 aromatic heterocycles. The molecule has 0 aliphatic rings. The summed E-state index contributed by atoms with van der Waals surface area (Å²) in [5.41, 5.74) is 0.329. The molecule has 2 N–H and O–H groups in total. The van der Waals surface area contributed by atoms with Crippen LogP contribution in [0.15, 0.2) is 24.5 Å². The Bertz CT molecular complexity index is 475. The van der Waals surface area contributed by atoms with Gasteiger partial charge in [-0.25, -0.2) is 13.6 Å². The minimum Gasteiger partial charge on any atom is -0.478 e. The molecule has 0 fully saturated rings. The largest absolute Gasteiger partial charge is 0.478 e. The molecule has 0 spiro atoms. The lowest BCUT2D eigenvalue weighted by molar-refractivity contribution is -0.131. The fourth-order valence-corrected chi connectivity index (χ4v) is 1.17. The first-order chi connectivity index (χ1) is 8.50. The quantitative estimate of drug-likeness (QED) is 0.775. The molecule has 18 heavy (non-hydrogen) atoms. The average Bonchev–Trinajstić information content (AvgIpc) is 2.33. The second-order valence-corrected chi connectivity index (χ2v) is 3.24. The van der Waals surface area contributed by atoms with Gasteiger partial charge in [0.25, 0.3) is 12.3 Å². The summed E-state index contributed by atoms with van der Waals surface area (Å²) < 4.78 is 23.9. The Balaban J connectivity index is 2.87. The maximum Gasteiger partial charge on any atom is 0.328 e. The third kappa shape index (κ3) is 4.28. The van der Waals surface area contributed by atoms with Gasteiger partial charge in [-0.2, -0.15) is 0 Å². The molecule has 0 aromatic carbocycles. The van der Waals surface area contributed by atoms with E-state index >= 15 is 0 Å². The van der Waals surface area contributed by atoms with E-state index in [4.69, 9.17) is 5.11 Å². The van der Waals surface area contributed by atoms with E-state index in [2.05, 4.69) is 4.98 Å². The molecule has 0 atom stereocenters. The molecular formula is C11H10F2N2O3. The molecule has 7 heteroatoms. The molecule has 96 valence electrons. The number of carbonyl (C=O) groups excluding carboxylic acids is 1. The summed E-state index contributed by atoms with van der Waals surface area (Å²) in [7, 11) is 0. The van der Waals surface area contributed by atoms with Crippen molar-refractivity contribution >= 4 is 18.0 Å². The number of carbonyl (C=O) groups is 2. The van der Waals surface area contributed by atoms with Crippen molar-refractivity contribution in [3.8, 4) is 0 Å². The van der Waals surface area contributed by atoms with E-state index < -0.39 is 24.8 Å². The van der Waals surface area contributed by atoms with Gasteiger partial charge in [-0.05, 0) is 12.1 Å². The van der Waals surface area contributed by atoms with E-state index in [-0.39, 0.29) is 11.1 Å². The number of nitrogens with one attached hydrogen (secondary N) is 1. The highest BCUT2D eigenvalue weighted by molar-refractivity contribution is 5.98. The molecule has 1 heterocycles. The molecular weight excluding hydrogens is 246 g/mol. The minimum absolute atomic E-state index is 0.0863. The standard InChI is InChI=1S/C11H10F2N2O3/c12-9(13)6-15-11(18)8-3-4-14-5-7(8)1-2-10(16)17/h1-5,9H,6H2,(H,15,18)(H,16,17)/b2-1+. The second-order valence-electron chi connectivity index (χ2n) is 3.24. The molecule has 1 amide bonds. The zero-order valence-electron chi connectivity index (χ0n) is 9.14. The van der Waals surface area contributed by atoms with Crippen molar-refractivity contribution in [2.75, 3.05) is 6.54 Å². The molecule has 0 aliphatic heterocycles. The van der Waals surface area contributed by atoms with Gasteiger partial charge in [-0.1, -0.05) is 0 Å². The number of carboxylic acids is 1. The highest BCUT2D eigenvalue weighted by atomic mass is 19.3. The summed E-state index contributed by atoms with van der Waals surface area (Å²) in [5.74, 6) is -1.89. The molecule has 0 saturated heterocycles. The molecule has 0 saturated carbocycles. The van der Waals surface area contributed by atoms with Crippen molar-refractivity contribution in [3.05, 3.63) is 35.7 Å². The van der Waals surface area contributed by atoms with Crippen molar-refractivity contribution < 1.29 is 23.5 Å². The van der Waals surface area contributed by atoms with Crippen LogP contribution in [0.2, 0.25) is 0 Å². The second kappa shape index (κ2) is 6.43. The van der Waals surface area contributed by atoms with Crippen molar-refractivity contribution in [3.63, 3.8) is 0 Å². The molecule has 1 aromatic rings. The minimum atomic E-state index is -2.64. The van der Waals surface area contributed by atoms with Crippen LogP contribution in [0.5, 0.6) is 0 Å². The van der Waals surface area contributed by atoms with Crippen molar-refractivity contribution in [2.45, 2.75) is 6.43 Å². The molecule has 0 aliphatic carbocycles. The summed E-state index contributed by atoms with van der Waals surface area (Å²) in [4.78, 5) is 25.7. The number of aliphatic carboxylic acids is 1. The number of carboxylic acid groups (broad SMARTS) is 1. The smallest absolute Gasteiger partial charge is 0.328 e. The lowest BCUT2D eigenvalue weighted by Gasteiger charge is -2.06. The van der Waals surface area contributed by atoms with Crippen LogP contribution in [-0.4, -0.2) is 34.9 Å². The summed E-state index contributed by atoms with van der Waals surface area (Å²) in [6.45, 7) is -0.761. The van der Waals surface area contributed by atoms with Gasteiger partial charge in [0.2, 0.25) is 0 Å². The third-order valence-electron chi connectivity index (χ3n) is 1.92. The van der Waals surface area contributed by atoms with Gasteiger partial charge in [0.15, 0.2) is 0 Å².